The lowest BCUT2D eigenvalue weighted by molar-refractivity contribution is 0.277. The third-order valence-corrected chi connectivity index (χ3v) is 5.62. The van der Waals surface area contributed by atoms with E-state index in [9.17, 15) is 8.42 Å². The van der Waals surface area contributed by atoms with Gasteiger partial charge in [0.2, 0.25) is 10.0 Å². The third kappa shape index (κ3) is 4.35. The van der Waals surface area contributed by atoms with E-state index in [2.05, 4.69) is 21.2 Å². The van der Waals surface area contributed by atoms with Crippen molar-refractivity contribution in [3.63, 3.8) is 0 Å². The van der Waals surface area contributed by atoms with E-state index in [1.807, 2.05) is 18.2 Å². The fraction of sp³-hybridized carbons (Fsp3) is 0.538. The Morgan fingerprint density at radius 1 is 1.50 bits per heavy atom. The van der Waals surface area contributed by atoms with E-state index in [0.29, 0.717) is 24.0 Å². The molecule has 1 unspecified atom stereocenters. The molecule has 112 valence electrons. The molecule has 7 heteroatoms. The highest BCUT2D eigenvalue weighted by Gasteiger charge is 2.25. The molecular weight excluding hydrogens is 364 g/mol. The van der Waals surface area contributed by atoms with E-state index in [1.54, 1.807) is 4.31 Å². The number of rotatable bonds is 4. The minimum Gasteiger partial charge on any atom is -0.384 e. The Balaban J connectivity index is 1.94. The zero-order valence-electron chi connectivity index (χ0n) is 11.3. The quantitative estimate of drug-likeness (QED) is 0.871. The molecule has 1 aromatic rings. The van der Waals surface area contributed by atoms with E-state index in [0.717, 1.165) is 29.5 Å². The number of sulfonamides is 1. The van der Waals surface area contributed by atoms with Gasteiger partial charge in [-0.3, -0.25) is 0 Å². The zero-order chi connectivity index (χ0) is 14.8. The van der Waals surface area contributed by atoms with Crippen LogP contribution in [0.15, 0.2) is 22.7 Å². The fourth-order valence-corrected chi connectivity index (χ4v) is 4.15. The average Bonchev–Trinajstić information content (AvgIpc) is 2.37. The van der Waals surface area contributed by atoms with Gasteiger partial charge < -0.3 is 5.32 Å². The number of nitrogens with one attached hydrogen (secondary N) is 1. The highest BCUT2D eigenvalue weighted by atomic mass is 79.9. The van der Waals surface area contributed by atoms with Crippen LogP contribution in [0.1, 0.15) is 12.8 Å². The molecule has 2 rings (SSSR count). The number of halogens is 2. The highest BCUT2D eigenvalue weighted by Crippen LogP contribution is 2.27. The third-order valence-electron chi connectivity index (χ3n) is 3.46. The first-order valence-electron chi connectivity index (χ1n) is 6.50. The minimum atomic E-state index is -3.08. The average molecular weight is 382 g/mol. The van der Waals surface area contributed by atoms with Gasteiger partial charge >= 0.3 is 0 Å². The fourth-order valence-electron chi connectivity index (χ4n) is 2.38. The summed E-state index contributed by atoms with van der Waals surface area (Å²) in [5.74, 6) is 0.334. The minimum absolute atomic E-state index is 0.334. The molecule has 0 radical (unpaired) electrons. The molecule has 0 bridgehead atoms. The van der Waals surface area contributed by atoms with Gasteiger partial charge in [0.05, 0.1) is 6.26 Å². The summed E-state index contributed by atoms with van der Waals surface area (Å²) in [5, 5.41) is 4.04. The highest BCUT2D eigenvalue weighted by molar-refractivity contribution is 9.10. The standard InChI is InChI=1S/C13H18BrClN2O2S/c1-20(18,19)17-6-2-3-10(9-17)8-16-13-5-4-11(15)7-12(13)14/h4-5,7,10,16H,2-3,6,8-9H2,1H3. The molecule has 20 heavy (non-hydrogen) atoms. The van der Waals surface area contributed by atoms with E-state index in [-0.39, 0.29) is 0 Å². The van der Waals surface area contributed by atoms with Crippen molar-refractivity contribution < 1.29 is 8.42 Å². The molecule has 0 saturated carbocycles. The molecule has 1 aromatic carbocycles. The van der Waals surface area contributed by atoms with Gasteiger partial charge in [-0.15, -0.1) is 0 Å². The van der Waals surface area contributed by atoms with Crippen molar-refractivity contribution >= 4 is 43.2 Å². The first-order chi connectivity index (χ1) is 9.36. The topological polar surface area (TPSA) is 49.4 Å². The normalized spacial score (nSPS) is 20.9. The summed E-state index contributed by atoms with van der Waals surface area (Å²) in [7, 11) is -3.08. The molecule has 1 N–H and O–H groups in total. The second-order valence-corrected chi connectivity index (χ2v) is 8.41. The van der Waals surface area contributed by atoms with E-state index >= 15 is 0 Å². The number of anilines is 1. The van der Waals surface area contributed by atoms with Gasteiger partial charge in [-0.1, -0.05) is 11.6 Å². The van der Waals surface area contributed by atoms with Crippen molar-refractivity contribution in [3.05, 3.63) is 27.7 Å². The predicted molar refractivity (Wildman–Crippen MR) is 86.8 cm³/mol. The summed E-state index contributed by atoms with van der Waals surface area (Å²) in [4.78, 5) is 0. The van der Waals surface area contributed by atoms with Crippen LogP contribution in [0, 0.1) is 5.92 Å². The van der Waals surface area contributed by atoms with Crippen molar-refractivity contribution in [1.29, 1.82) is 0 Å². The lowest BCUT2D eigenvalue weighted by Crippen LogP contribution is -2.41. The van der Waals surface area contributed by atoms with Crippen LogP contribution in [0.5, 0.6) is 0 Å². The second-order valence-electron chi connectivity index (χ2n) is 5.13. The predicted octanol–water partition coefficient (Wildman–Crippen LogP) is 3.19. The van der Waals surface area contributed by atoms with E-state index < -0.39 is 10.0 Å². The maximum absolute atomic E-state index is 11.6. The van der Waals surface area contributed by atoms with Gasteiger partial charge in [0.1, 0.15) is 0 Å². The SMILES string of the molecule is CS(=O)(=O)N1CCCC(CNc2ccc(Cl)cc2Br)C1. The molecule has 1 fully saturated rings. The van der Waals surface area contributed by atoms with Crippen molar-refractivity contribution in [2.45, 2.75) is 12.8 Å². The Kier molecular flexibility index (Phi) is 5.34. The van der Waals surface area contributed by atoms with Crippen molar-refractivity contribution in [3.8, 4) is 0 Å². The van der Waals surface area contributed by atoms with Crippen molar-refractivity contribution in [2.24, 2.45) is 5.92 Å². The molecular formula is C13H18BrClN2O2S. The lowest BCUT2D eigenvalue weighted by atomic mass is 9.99. The van der Waals surface area contributed by atoms with Gasteiger partial charge in [-0.2, -0.15) is 0 Å². The number of piperidine rings is 1. The molecule has 4 nitrogen and oxygen atoms in total. The van der Waals surface area contributed by atoms with Crippen LogP contribution < -0.4 is 5.32 Å². The Labute approximate surface area is 133 Å². The molecule has 0 aromatic heterocycles. The molecule has 0 spiro atoms. The zero-order valence-corrected chi connectivity index (χ0v) is 14.4. The van der Waals surface area contributed by atoms with Crippen LogP contribution in [0.25, 0.3) is 0 Å². The Morgan fingerprint density at radius 2 is 2.25 bits per heavy atom. The number of hydrogen-bond acceptors (Lipinski definition) is 3. The molecule has 1 heterocycles. The molecule has 1 aliphatic heterocycles. The smallest absolute Gasteiger partial charge is 0.211 e. The Hall–Kier alpha value is -0.300. The van der Waals surface area contributed by atoms with Crippen LogP contribution in [0.2, 0.25) is 5.02 Å². The monoisotopic (exact) mass is 380 g/mol. The van der Waals surface area contributed by atoms with Gasteiger partial charge in [0.25, 0.3) is 0 Å². The summed E-state index contributed by atoms with van der Waals surface area (Å²) in [6, 6.07) is 5.59. The number of nitrogens with zero attached hydrogens (tertiary/aromatic N) is 1. The molecule has 1 atom stereocenters. The van der Waals surface area contributed by atoms with Crippen molar-refractivity contribution in [2.75, 3.05) is 31.2 Å². The van der Waals surface area contributed by atoms with Gasteiger partial charge in [0.15, 0.2) is 0 Å². The second kappa shape index (κ2) is 6.64. The molecule has 1 saturated heterocycles. The first-order valence-corrected chi connectivity index (χ1v) is 9.52. The van der Waals surface area contributed by atoms with Crippen LogP contribution in [-0.4, -0.2) is 38.6 Å². The summed E-state index contributed by atoms with van der Waals surface area (Å²) < 4.78 is 25.6. The molecule has 0 aliphatic carbocycles. The Bertz CT molecular complexity index is 580. The summed E-state index contributed by atoms with van der Waals surface area (Å²) in [6.45, 7) is 1.99. The maximum Gasteiger partial charge on any atom is 0.211 e. The number of hydrogen-bond donors (Lipinski definition) is 1. The lowest BCUT2D eigenvalue weighted by Gasteiger charge is -2.31. The summed E-state index contributed by atoms with van der Waals surface area (Å²) in [6.07, 6.45) is 3.24. The maximum atomic E-state index is 11.6. The molecule has 0 amide bonds. The van der Waals surface area contributed by atoms with Crippen LogP contribution in [0.3, 0.4) is 0 Å². The molecule has 1 aliphatic rings. The van der Waals surface area contributed by atoms with Crippen LogP contribution in [0.4, 0.5) is 5.69 Å². The largest absolute Gasteiger partial charge is 0.384 e. The van der Waals surface area contributed by atoms with E-state index in [4.69, 9.17) is 11.6 Å². The summed E-state index contributed by atoms with van der Waals surface area (Å²) >= 11 is 9.37. The van der Waals surface area contributed by atoms with E-state index in [1.165, 1.54) is 6.26 Å². The van der Waals surface area contributed by atoms with Crippen molar-refractivity contribution in [1.82, 2.24) is 4.31 Å². The number of benzene rings is 1. The van der Waals surface area contributed by atoms with Crippen LogP contribution in [-0.2, 0) is 10.0 Å². The first kappa shape index (κ1) is 16.1. The Morgan fingerprint density at radius 3 is 2.90 bits per heavy atom. The van der Waals surface area contributed by atoms with Gasteiger partial charge in [-0.25, -0.2) is 12.7 Å². The van der Waals surface area contributed by atoms with Gasteiger partial charge in [-0.05, 0) is 52.9 Å². The summed E-state index contributed by atoms with van der Waals surface area (Å²) in [5.41, 5.74) is 0.978. The van der Waals surface area contributed by atoms with Gasteiger partial charge in [0, 0.05) is 34.8 Å². The van der Waals surface area contributed by atoms with Crippen LogP contribution >= 0.6 is 27.5 Å².